The van der Waals surface area contributed by atoms with E-state index in [2.05, 4.69) is 11.4 Å². The molecule has 0 aromatic heterocycles. The molecule has 1 aromatic carbocycles. The van der Waals surface area contributed by atoms with Crippen molar-refractivity contribution in [3.05, 3.63) is 29.8 Å². The highest BCUT2D eigenvalue weighted by Gasteiger charge is 2.39. The number of benzene rings is 1. The van der Waals surface area contributed by atoms with Crippen LogP contribution in [0.1, 0.15) is 5.56 Å². The summed E-state index contributed by atoms with van der Waals surface area (Å²) < 4.78 is 0. The maximum Gasteiger partial charge on any atom is 0.324 e. The molecule has 0 radical (unpaired) electrons. The van der Waals surface area contributed by atoms with E-state index in [1.807, 2.05) is 23.1 Å². The number of rotatable bonds is 1. The van der Waals surface area contributed by atoms with Gasteiger partial charge in [0.1, 0.15) is 6.07 Å². The van der Waals surface area contributed by atoms with Gasteiger partial charge in [-0.1, -0.05) is 12.1 Å². The van der Waals surface area contributed by atoms with Crippen LogP contribution in [0.5, 0.6) is 0 Å². The van der Waals surface area contributed by atoms with Gasteiger partial charge in [0.2, 0.25) is 0 Å². The molecule has 1 N–H and O–H groups in total. The van der Waals surface area contributed by atoms with Crippen LogP contribution >= 0.6 is 0 Å². The molecule has 2 aliphatic rings. The third-order valence-electron chi connectivity index (χ3n) is 3.54. The fourth-order valence-electron chi connectivity index (χ4n) is 2.62. The minimum atomic E-state index is 0.0178. The first-order valence-corrected chi connectivity index (χ1v) is 6.09. The van der Waals surface area contributed by atoms with E-state index in [1.54, 1.807) is 11.0 Å². The van der Waals surface area contributed by atoms with Gasteiger partial charge in [-0.3, -0.25) is 4.90 Å². The van der Waals surface area contributed by atoms with Gasteiger partial charge >= 0.3 is 6.03 Å². The normalized spacial score (nSPS) is 22.8. The fourth-order valence-corrected chi connectivity index (χ4v) is 2.62. The monoisotopic (exact) mass is 242 g/mol. The van der Waals surface area contributed by atoms with Crippen LogP contribution in [0.2, 0.25) is 0 Å². The first kappa shape index (κ1) is 11.1. The van der Waals surface area contributed by atoms with Crippen LogP contribution in [-0.2, 0) is 0 Å². The topological polar surface area (TPSA) is 59.4 Å². The molecule has 18 heavy (non-hydrogen) atoms. The molecule has 5 nitrogen and oxygen atoms in total. The smallest absolute Gasteiger partial charge is 0.317 e. The van der Waals surface area contributed by atoms with Crippen molar-refractivity contribution in [3.63, 3.8) is 0 Å². The summed E-state index contributed by atoms with van der Waals surface area (Å²) in [5.41, 5.74) is 1.28. The lowest BCUT2D eigenvalue weighted by Gasteiger charge is -2.28. The summed E-state index contributed by atoms with van der Waals surface area (Å²) in [6.45, 7) is 3.08. The van der Waals surface area contributed by atoms with E-state index >= 15 is 0 Å². The molecule has 3 rings (SSSR count). The second-order valence-corrected chi connectivity index (χ2v) is 4.57. The number of hydrogen-bond donors (Lipinski definition) is 1. The van der Waals surface area contributed by atoms with Gasteiger partial charge in [0, 0.05) is 26.2 Å². The Morgan fingerprint density at radius 3 is 3.00 bits per heavy atom. The number of hydrogen-bond acceptors (Lipinski definition) is 3. The summed E-state index contributed by atoms with van der Waals surface area (Å²) in [6.07, 6.45) is 0. The molecule has 2 heterocycles. The number of piperazine rings is 1. The number of fused-ring (bicyclic) bond motifs is 1. The first-order chi connectivity index (χ1) is 8.81. The SMILES string of the molecule is N#Cc1ccccc1N1CC2CNCCN2C1=O. The predicted octanol–water partition coefficient (Wildman–Crippen LogP) is 0.772. The number of carbonyl (C=O) groups is 1. The van der Waals surface area contributed by atoms with E-state index in [4.69, 9.17) is 5.26 Å². The Kier molecular flexibility index (Phi) is 2.65. The molecule has 0 bridgehead atoms. The van der Waals surface area contributed by atoms with Gasteiger partial charge in [0.15, 0.2) is 0 Å². The maximum absolute atomic E-state index is 12.3. The summed E-state index contributed by atoms with van der Waals surface area (Å²) in [5, 5.41) is 12.4. The van der Waals surface area contributed by atoms with Gasteiger partial charge < -0.3 is 10.2 Å². The van der Waals surface area contributed by atoms with E-state index in [0.717, 1.165) is 25.3 Å². The van der Waals surface area contributed by atoms with Crippen LogP contribution in [0, 0.1) is 11.3 Å². The highest BCUT2D eigenvalue weighted by molar-refractivity contribution is 5.96. The lowest BCUT2D eigenvalue weighted by molar-refractivity contribution is 0.193. The Morgan fingerprint density at radius 1 is 1.39 bits per heavy atom. The molecular formula is C13H14N4O. The van der Waals surface area contributed by atoms with Gasteiger partial charge in [0.05, 0.1) is 17.3 Å². The number of amides is 2. The molecule has 2 saturated heterocycles. The zero-order chi connectivity index (χ0) is 12.5. The van der Waals surface area contributed by atoms with Crippen LogP contribution in [0.15, 0.2) is 24.3 Å². The zero-order valence-electron chi connectivity index (χ0n) is 9.97. The molecule has 2 aliphatic heterocycles. The van der Waals surface area contributed by atoms with Gasteiger partial charge in [-0.25, -0.2) is 4.79 Å². The molecular weight excluding hydrogens is 228 g/mol. The molecule has 0 aliphatic carbocycles. The Balaban J connectivity index is 1.94. The minimum absolute atomic E-state index is 0.0178. The molecule has 1 atom stereocenters. The molecule has 2 amide bonds. The molecule has 2 fully saturated rings. The Hall–Kier alpha value is -2.06. The second-order valence-electron chi connectivity index (χ2n) is 4.57. The van der Waals surface area contributed by atoms with Crippen molar-refractivity contribution in [2.24, 2.45) is 0 Å². The number of nitrogens with zero attached hydrogens (tertiary/aromatic N) is 3. The quantitative estimate of drug-likeness (QED) is 0.791. The molecule has 5 heteroatoms. The lowest BCUT2D eigenvalue weighted by Crippen LogP contribution is -2.49. The standard InChI is InChI=1S/C13H14N4O/c14-7-10-3-1-2-4-12(10)17-9-11-8-15-5-6-16(11)13(17)18/h1-4,11,15H,5-6,8-9H2. The molecule has 0 saturated carbocycles. The molecule has 1 unspecified atom stereocenters. The Labute approximate surface area is 106 Å². The fraction of sp³-hybridized carbons (Fsp3) is 0.385. The highest BCUT2D eigenvalue weighted by atomic mass is 16.2. The lowest BCUT2D eigenvalue weighted by atomic mass is 10.1. The summed E-state index contributed by atoms with van der Waals surface area (Å²) >= 11 is 0. The van der Waals surface area contributed by atoms with Crippen LogP contribution in [0.3, 0.4) is 0 Å². The third kappa shape index (κ3) is 1.62. The van der Waals surface area contributed by atoms with E-state index < -0.39 is 0 Å². The van der Waals surface area contributed by atoms with Crippen LogP contribution in [-0.4, -0.2) is 43.2 Å². The second kappa shape index (κ2) is 4.31. The predicted molar refractivity (Wildman–Crippen MR) is 67.3 cm³/mol. The third-order valence-corrected chi connectivity index (χ3v) is 3.54. The Morgan fingerprint density at radius 2 is 2.22 bits per heavy atom. The van der Waals surface area contributed by atoms with Crippen molar-refractivity contribution in [1.29, 1.82) is 5.26 Å². The summed E-state index contributed by atoms with van der Waals surface area (Å²) in [4.78, 5) is 15.9. The number of nitrogens with one attached hydrogen (secondary N) is 1. The average Bonchev–Trinajstić information content (AvgIpc) is 2.76. The largest absolute Gasteiger partial charge is 0.324 e. The van der Waals surface area contributed by atoms with E-state index in [0.29, 0.717) is 12.1 Å². The van der Waals surface area contributed by atoms with Crippen molar-refractivity contribution in [1.82, 2.24) is 10.2 Å². The maximum atomic E-state index is 12.3. The summed E-state index contributed by atoms with van der Waals surface area (Å²) in [6, 6.07) is 9.65. The number of para-hydroxylation sites is 1. The van der Waals surface area contributed by atoms with Crippen molar-refractivity contribution in [3.8, 4) is 6.07 Å². The van der Waals surface area contributed by atoms with E-state index in [9.17, 15) is 4.79 Å². The van der Waals surface area contributed by atoms with Crippen molar-refractivity contribution in [2.45, 2.75) is 6.04 Å². The van der Waals surface area contributed by atoms with Crippen molar-refractivity contribution in [2.75, 3.05) is 31.1 Å². The molecule has 0 spiro atoms. The van der Waals surface area contributed by atoms with Crippen LogP contribution in [0.4, 0.5) is 10.5 Å². The van der Waals surface area contributed by atoms with E-state index in [-0.39, 0.29) is 12.1 Å². The van der Waals surface area contributed by atoms with Gasteiger partial charge in [-0.2, -0.15) is 5.26 Å². The average molecular weight is 242 g/mol. The van der Waals surface area contributed by atoms with Crippen molar-refractivity contribution >= 4 is 11.7 Å². The highest BCUT2D eigenvalue weighted by Crippen LogP contribution is 2.27. The number of anilines is 1. The number of carbonyl (C=O) groups excluding carboxylic acids is 1. The van der Waals surface area contributed by atoms with E-state index in [1.165, 1.54) is 0 Å². The molecule has 92 valence electrons. The van der Waals surface area contributed by atoms with Gasteiger partial charge in [-0.05, 0) is 12.1 Å². The number of urea groups is 1. The van der Waals surface area contributed by atoms with Crippen molar-refractivity contribution < 1.29 is 4.79 Å². The van der Waals surface area contributed by atoms with Crippen LogP contribution < -0.4 is 10.2 Å². The number of nitriles is 1. The Bertz CT molecular complexity index is 522. The zero-order valence-corrected chi connectivity index (χ0v) is 9.97. The summed E-state index contributed by atoms with van der Waals surface area (Å²) in [5.74, 6) is 0. The van der Waals surface area contributed by atoms with Crippen LogP contribution in [0.25, 0.3) is 0 Å². The minimum Gasteiger partial charge on any atom is -0.317 e. The first-order valence-electron chi connectivity index (χ1n) is 6.09. The van der Waals surface area contributed by atoms with Gasteiger partial charge in [0.25, 0.3) is 0 Å². The molecule has 1 aromatic rings. The van der Waals surface area contributed by atoms with Gasteiger partial charge in [-0.15, -0.1) is 0 Å². The summed E-state index contributed by atoms with van der Waals surface area (Å²) in [7, 11) is 0.